The number of carbonyl (C=O) groups excluding carboxylic acids is 1. The second-order valence-electron chi connectivity index (χ2n) is 6.66. The molecule has 1 unspecified atom stereocenters. The van der Waals surface area contributed by atoms with E-state index in [1.807, 2.05) is 35.6 Å². The summed E-state index contributed by atoms with van der Waals surface area (Å²) < 4.78 is 0. The minimum absolute atomic E-state index is 0.0517. The molecule has 1 aromatic heterocycles. The Morgan fingerprint density at radius 3 is 2.59 bits per heavy atom. The summed E-state index contributed by atoms with van der Waals surface area (Å²) in [7, 11) is 0. The molecular formula is C21H30N4OS. The molecule has 2 aromatic rings. The molecule has 1 atom stereocenters. The molecule has 0 saturated carbocycles. The highest BCUT2D eigenvalue weighted by atomic mass is 32.1. The van der Waals surface area contributed by atoms with E-state index in [0.29, 0.717) is 5.92 Å². The molecule has 6 heteroatoms. The van der Waals surface area contributed by atoms with Crippen molar-refractivity contribution >= 4 is 28.9 Å². The van der Waals surface area contributed by atoms with Crippen molar-refractivity contribution in [3.8, 4) is 0 Å². The lowest BCUT2D eigenvalue weighted by Crippen LogP contribution is -2.38. The Bertz CT molecular complexity index is 710. The summed E-state index contributed by atoms with van der Waals surface area (Å²) in [4.78, 5) is 17.2. The first-order chi connectivity index (χ1) is 13.1. The number of thiophene rings is 1. The zero-order chi connectivity index (χ0) is 19.5. The molecule has 0 aliphatic carbocycles. The number of rotatable bonds is 9. The molecule has 2 rings (SSSR count). The summed E-state index contributed by atoms with van der Waals surface area (Å²) in [6.07, 6.45) is 1.97. The van der Waals surface area contributed by atoms with Crippen molar-refractivity contribution in [2.45, 2.75) is 33.6 Å². The predicted octanol–water partition coefficient (Wildman–Crippen LogP) is 3.68. The van der Waals surface area contributed by atoms with Crippen LogP contribution in [-0.4, -0.2) is 31.5 Å². The van der Waals surface area contributed by atoms with Gasteiger partial charge in [0.25, 0.3) is 0 Å². The number of hydrogen-bond acceptors (Lipinski definition) is 3. The van der Waals surface area contributed by atoms with E-state index in [4.69, 9.17) is 4.99 Å². The smallest absolute Gasteiger partial charge is 0.221 e. The Kier molecular flexibility index (Phi) is 8.84. The fourth-order valence-electron chi connectivity index (χ4n) is 2.71. The van der Waals surface area contributed by atoms with Gasteiger partial charge in [0.2, 0.25) is 5.91 Å². The van der Waals surface area contributed by atoms with Crippen LogP contribution in [0.2, 0.25) is 0 Å². The van der Waals surface area contributed by atoms with Gasteiger partial charge in [-0.25, -0.2) is 0 Å². The maximum atomic E-state index is 11.1. The van der Waals surface area contributed by atoms with Crippen molar-refractivity contribution in [3.63, 3.8) is 0 Å². The third kappa shape index (κ3) is 8.26. The van der Waals surface area contributed by atoms with Gasteiger partial charge < -0.3 is 16.0 Å². The van der Waals surface area contributed by atoms with E-state index in [2.05, 4.69) is 47.3 Å². The van der Waals surface area contributed by atoms with E-state index in [1.165, 1.54) is 17.4 Å². The first kappa shape index (κ1) is 21.0. The highest BCUT2D eigenvalue weighted by Gasteiger charge is 2.05. The number of carbonyl (C=O) groups is 1. The van der Waals surface area contributed by atoms with Crippen molar-refractivity contribution in [1.82, 2.24) is 10.6 Å². The highest BCUT2D eigenvalue weighted by molar-refractivity contribution is 7.09. The Morgan fingerprint density at radius 1 is 1.19 bits per heavy atom. The van der Waals surface area contributed by atoms with E-state index >= 15 is 0 Å². The van der Waals surface area contributed by atoms with Crippen LogP contribution in [0.15, 0.2) is 46.8 Å². The Hall–Kier alpha value is -2.34. The van der Waals surface area contributed by atoms with Crippen LogP contribution in [0.3, 0.4) is 0 Å². The first-order valence-electron chi connectivity index (χ1n) is 9.48. The third-order valence-electron chi connectivity index (χ3n) is 4.02. The van der Waals surface area contributed by atoms with Gasteiger partial charge in [0, 0.05) is 37.1 Å². The average Bonchev–Trinajstić information content (AvgIpc) is 3.13. The van der Waals surface area contributed by atoms with Crippen molar-refractivity contribution in [3.05, 3.63) is 52.2 Å². The van der Waals surface area contributed by atoms with Gasteiger partial charge >= 0.3 is 0 Å². The highest BCUT2D eigenvalue weighted by Crippen LogP contribution is 2.14. The number of benzene rings is 1. The molecule has 0 saturated heterocycles. The molecule has 1 heterocycles. The van der Waals surface area contributed by atoms with E-state index in [1.54, 1.807) is 0 Å². The molecule has 5 nitrogen and oxygen atoms in total. The number of hydrogen-bond donors (Lipinski definition) is 3. The normalized spacial score (nSPS) is 12.5. The summed E-state index contributed by atoms with van der Waals surface area (Å²) in [5, 5.41) is 11.6. The van der Waals surface area contributed by atoms with Crippen LogP contribution in [0.5, 0.6) is 0 Å². The van der Waals surface area contributed by atoms with Gasteiger partial charge in [0.05, 0.1) is 0 Å². The number of anilines is 1. The predicted molar refractivity (Wildman–Crippen MR) is 116 cm³/mol. The Morgan fingerprint density at radius 2 is 1.96 bits per heavy atom. The lowest BCUT2D eigenvalue weighted by Gasteiger charge is -2.13. The van der Waals surface area contributed by atoms with Crippen LogP contribution in [0.1, 0.15) is 31.2 Å². The minimum Gasteiger partial charge on any atom is -0.357 e. The van der Waals surface area contributed by atoms with E-state index < -0.39 is 0 Å². The molecule has 0 aliphatic rings. The summed E-state index contributed by atoms with van der Waals surface area (Å²) in [6.45, 7) is 8.29. The van der Waals surface area contributed by atoms with Crippen LogP contribution in [0, 0.1) is 5.92 Å². The number of nitrogens with zero attached hydrogens (tertiary/aromatic N) is 1. The SMILES string of the molecule is CCNC(=NCC(C)Cc1cccs1)NCCc1ccc(NC(C)=O)cc1. The molecule has 1 aromatic carbocycles. The maximum absolute atomic E-state index is 11.1. The Labute approximate surface area is 166 Å². The summed E-state index contributed by atoms with van der Waals surface area (Å²) in [6, 6.07) is 12.2. The zero-order valence-corrected chi connectivity index (χ0v) is 17.2. The van der Waals surface area contributed by atoms with Crippen LogP contribution in [0.25, 0.3) is 0 Å². The third-order valence-corrected chi connectivity index (χ3v) is 4.91. The van der Waals surface area contributed by atoms with Crippen LogP contribution in [0.4, 0.5) is 5.69 Å². The van der Waals surface area contributed by atoms with Gasteiger partial charge in [-0.15, -0.1) is 11.3 Å². The van der Waals surface area contributed by atoms with Crippen LogP contribution >= 0.6 is 11.3 Å². The lowest BCUT2D eigenvalue weighted by molar-refractivity contribution is -0.114. The zero-order valence-electron chi connectivity index (χ0n) is 16.4. The summed E-state index contributed by atoms with van der Waals surface area (Å²) >= 11 is 1.81. The molecule has 0 aliphatic heterocycles. The van der Waals surface area contributed by atoms with Gasteiger partial charge in [0.1, 0.15) is 0 Å². The molecule has 1 amide bonds. The van der Waals surface area contributed by atoms with Gasteiger partial charge in [0.15, 0.2) is 5.96 Å². The molecule has 146 valence electrons. The molecule has 3 N–H and O–H groups in total. The molecule has 0 bridgehead atoms. The first-order valence-corrected chi connectivity index (χ1v) is 10.4. The van der Waals surface area contributed by atoms with Crippen LogP contribution < -0.4 is 16.0 Å². The monoisotopic (exact) mass is 386 g/mol. The van der Waals surface area contributed by atoms with Crippen molar-refractivity contribution < 1.29 is 4.79 Å². The van der Waals surface area contributed by atoms with E-state index in [-0.39, 0.29) is 5.91 Å². The minimum atomic E-state index is -0.0517. The summed E-state index contributed by atoms with van der Waals surface area (Å²) in [5.41, 5.74) is 2.05. The molecule has 27 heavy (non-hydrogen) atoms. The van der Waals surface area contributed by atoms with Gasteiger partial charge in [-0.3, -0.25) is 9.79 Å². The van der Waals surface area contributed by atoms with Crippen LogP contribution in [-0.2, 0) is 17.6 Å². The largest absolute Gasteiger partial charge is 0.357 e. The van der Waals surface area contributed by atoms with Gasteiger partial charge in [-0.05, 0) is 54.8 Å². The van der Waals surface area contributed by atoms with Crippen molar-refractivity contribution in [1.29, 1.82) is 0 Å². The molecule has 0 fully saturated rings. The topological polar surface area (TPSA) is 65.5 Å². The number of nitrogens with one attached hydrogen (secondary N) is 3. The number of aliphatic imine (C=N–C) groups is 1. The maximum Gasteiger partial charge on any atom is 0.221 e. The number of amides is 1. The molecular weight excluding hydrogens is 356 g/mol. The standard InChI is InChI=1S/C21H30N4OS/c1-4-22-21(24-15-16(2)14-20-6-5-13-27-20)23-12-11-18-7-9-19(10-8-18)25-17(3)26/h5-10,13,16H,4,11-12,14-15H2,1-3H3,(H,25,26)(H2,22,23,24). The van der Waals surface area contributed by atoms with Crippen molar-refractivity contribution in [2.24, 2.45) is 10.9 Å². The second-order valence-corrected chi connectivity index (χ2v) is 7.70. The van der Waals surface area contributed by atoms with Crippen molar-refractivity contribution in [2.75, 3.05) is 25.0 Å². The lowest BCUT2D eigenvalue weighted by atomic mass is 10.1. The molecule has 0 spiro atoms. The van der Waals surface area contributed by atoms with Gasteiger partial charge in [-0.2, -0.15) is 0 Å². The summed E-state index contributed by atoms with van der Waals surface area (Å²) in [5.74, 6) is 1.33. The second kappa shape index (κ2) is 11.4. The van der Waals surface area contributed by atoms with E-state index in [9.17, 15) is 4.79 Å². The number of guanidine groups is 1. The molecule has 0 radical (unpaired) electrons. The fraction of sp³-hybridized carbons (Fsp3) is 0.429. The van der Waals surface area contributed by atoms with Gasteiger partial charge in [-0.1, -0.05) is 25.1 Å². The Balaban J connectivity index is 1.78. The average molecular weight is 387 g/mol. The fourth-order valence-corrected chi connectivity index (χ4v) is 3.58. The van der Waals surface area contributed by atoms with E-state index in [0.717, 1.165) is 44.1 Å². The quantitative estimate of drug-likeness (QED) is 0.455.